The van der Waals surface area contributed by atoms with Crippen LogP contribution in [0.25, 0.3) is 0 Å². The fourth-order valence-electron chi connectivity index (χ4n) is 5.90. The summed E-state index contributed by atoms with van der Waals surface area (Å²) in [6.07, 6.45) is -0.129. The van der Waals surface area contributed by atoms with Crippen LogP contribution in [0.4, 0.5) is 11.4 Å². The van der Waals surface area contributed by atoms with Crippen molar-refractivity contribution in [2.45, 2.75) is 42.8 Å². The van der Waals surface area contributed by atoms with Gasteiger partial charge in [-0.05, 0) is 49.6 Å². The predicted molar refractivity (Wildman–Crippen MR) is 134 cm³/mol. The predicted octanol–water partition coefficient (Wildman–Crippen LogP) is 2.62. The minimum absolute atomic E-state index is 0.0179. The van der Waals surface area contributed by atoms with Gasteiger partial charge in [-0.2, -0.15) is 0 Å². The lowest BCUT2D eigenvalue weighted by atomic mass is 9.70. The van der Waals surface area contributed by atoms with Gasteiger partial charge in [0.05, 0.1) is 24.5 Å². The minimum Gasteiger partial charge on any atom is -0.395 e. The standard InChI is InChI=1S/C26H28BrN3O5/c1-14-8-9-15(2)18(12-14)29-24(33)22-26-13-17(27)21(35-26)19(20(26)25(34)30(22)10-11-31)23(32)28-16-6-4-3-5-7-16/h3-9,12,17,19-22,31H,10-11,13H2,1-2H3,(H,28,32)(H,29,33)/t17?,19-,20-,21-,22?,26?/m0/s1. The average Bonchev–Trinajstić information content (AvgIpc) is 3.41. The van der Waals surface area contributed by atoms with Crippen LogP contribution in [-0.4, -0.2) is 63.5 Å². The van der Waals surface area contributed by atoms with Crippen LogP contribution in [0.2, 0.25) is 0 Å². The highest BCUT2D eigenvalue weighted by atomic mass is 79.9. The quantitative estimate of drug-likeness (QED) is 0.487. The van der Waals surface area contributed by atoms with E-state index in [-0.39, 0.29) is 35.7 Å². The van der Waals surface area contributed by atoms with Crippen LogP contribution < -0.4 is 10.6 Å². The highest BCUT2D eigenvalue weighted by molar-refractivity contribution is 9.09. The van der Waals surface area contributed by atoms with Gasteiger partial charge in [-0.1, -0.05) is 46.3 Å². The average molecular weight is 542 g/mol. The number of alkyl halides is 1. The van der Waals surface area contributed by atoms with Crippen LogP contribution in [-0.2, 0) is 19.1 Å². The van der Waals surface area contributed by atoms with Crippen molar-refractivity contribution in [3.8, 4) is 0 Å². The molecule has 0 aromatic heterocycles. The summed E-state index contributed by atoms with van der Waals surface area (Å²) in [7, 11) is 0. The van der Waals surface area contributed by atoms with Gasteiger partial charge in [0, 0.05) is 22.7 Å². The van der Waals surface area contributed by atoms with Crippen LogP contribution in [0, 0.1) is 25.7 Å². The number of nitrogens with one attached hydrogen (secondary N) is 2. The second kappa shape index (κ2) is 9.04. The molecule has 9 heteroatoms. The molecule has 3 saturated heterocycles. The minimum atomic E-state index is -1.16. The molecule has 8 nitrogen and oxygen atoms in total. The number of rotatable bonds is 6. The monoisotopic (exact) mass is 541 g/mol. The summed E-state index contributed by atoms with van der Waals surface area (Å²) >= 11 is 3.65. The topological polar surface area (TPSA) is 108 Å². The molecule has 0 radical (unpaired) electrons. The zero-order valence-electron chi connectivity index (χ0n) is 19.5. The van der Waals surface area contributed by atoms with E-state index in [2.05, 4.69) is 26.6 Å². The van der Waals surface area contributed by atoms with Gasteiger partial charge in [0.1, 0.15) is 11.6 Å². The number of aliphatic hydroxyl groups is 1. The normalized spacial score (nSPS) is 30.9. The second-order valence-electron chi connectivity index (χ2n) is 9.58. The smallest absolute Gasteiger partial charge is 0.250 e. The fraction of sp³-hybridized carbons (Fsp3) is 0.423. The largest absolute Gasteiger partial charge is 0.395 e. The summed E-state index contributed by atoms with van der Waals surface area (Å²) in [5.41, 5.74) is 2.01. The number of β-amino-alcohol motifs (C(OH)–C–C–N with tert-alkyl or cyclic N) is 1. The van der Waals surface area contributed by atoms with Crippen molar-refractivity contribution >= 4 is 45.0 Å². The van der Waals surface area contributed by atoms with E-state index in [0.29, 0.717) is 17.8 Å². The Morgan fingerprint density at radius 2 is 1.89 bits per heavy atom. The first kappa shape index (κ1) is 24.0. The second-order valence-corrected chi connectivity index (χ2v) is 10.8. The van der Waals surface area contributed by atoms with Gasteiger partial charge in [0.25, 0.3) is 0 Å². The molecule has 184 valence electrons. The molecule has 0 saturated carbocycles. The lowest BCUT2D eigenvalue weighted by Crippen LogP contribution is -2.54. The van der Waals surface area contributed by atoms with E-state index in [1.54, 1.807) is 12.1 Å². The third-order valence-electron chi connectivity index (χ3n) is 7.37. The summed E-state index contributed by atoms with van der Waals surface area (Å²) in [4.78, 5) is 42.0. The van der Waals surface area contributed by atoms with E-state index < -0.39 is 29.6 Å². The Hall–Kier alpha value is -2.75. The molecule has 2 bridgehead atoms. The number of aliphatic hydroxyl groups excluding tert-OH is 1. The number of likely N-dealkylation sites (tertiary alicyclic amines) is 1. The zero-order valence-corrected chi connectivity index (χ0v) is 21.1. The van der Waals surface area contributed by atoms with Gasteiger partial charge in [-0.25, -0.2) is 0 Å². The number of amides is 3. The molecule has 5 rings (SSSR count). The summed E-state index contributed by atoms with van der Waals surface area (Å²) in [6, 6.07) is 13.9. The van der Waals surface area contributed by atoms with Gasteiger partial charge in [0.2, 0.25) is 17.7 Å². The maximum Gasteiger partial charge on any atom is 0.250 e. The number of para-hydroxylation sites is 1. The maximum atomic E-state index is 13.7. The SMILES string of the molecule is Cc1ccc(C)c(NC(=O)C2N(CCO)C(=O)[C@@H]3[C@H](C(=O)Nc4ccccc4)[C@H]4OC23CC4Br)c1. The third kappa shape index (κ3) is 3.86. The van der Waals surface area contributed by atoms with Gasteiger partial charge in [-0.15, -0.1) is 0 Å². The summed E-state index contributed by atoms with van der Waals surface area (Å²) < 4.78 is 6.43. The number of hydrogen-bond donors (Lipinski definition) is 3. The number of carbonyl (C=O) groups excluding carboxylic acids is 3. The first-order valence-electron chi connectivity index (χ1n) is 11.7. The Bertz CT molecular complexity index is 1170. The number of ether oxygens (including phenoxy) is 1. The van der Waals surface area contributed by atoms with Crippen LogP contribution in [0.5, 0.6) is 0 Å². The van der Waals surface area contributed by atoms with Crippen molar-refractivity contribution in [2.75, 3.05) is 23.8 Å². The van der Waals surface area contributed by atoms with E-state index in [0.717, 1.165) is 11.1 Å². The van der Waals surface area contributed by atoms with E-state index in [4.69, 9.17) is 4.74 Å². The van der Waals surface area contributed by atoms with E-state index in [1.807, 2.05) is 50.2 Å². The van der Waals surface area contributed by atoms with E-state index >= 15 is 0 Å². The van der Waals surface area contributed by atoms with Crippen molar-refractivity contribution in [1.29, 1.82) is 0 Å². The van der Waals surface area contributed by atoms with E-state index in [9.17, 15) is 19.5 Å². The number of benzene rings is 2. The molecule has 1 spiro atoms. The molecular formula is C26H28BrN3O5. The molecule has 2 aromatic carbocycles. The molecule has 3 aliphatic rings. The lowest BCUT2D eigenvalue weighted by Gasteiger charge is -2.34. The third-order valence-corrected chi connectivity index (χ3v) is 8.22. The molecule has 2 aromatic rings. The Balaban J connectivity index is 1.49. The number of anilines is 2. The molecule has 35 heavy (non-hydrogen) atoms. The molecule has 3 N–H and O–H groups in total. The highest BCUT2D eigenvalue weighted by Gasteiger charge is 2.76. The lowest BCUT2D eigenvalue weighted by molar-refractivity contribution is -0.140. The van der Waals surface area contributed by atoms with Crippen molar-refractivity contribution in [2.24, 2.45) is 11.8 Å². The molecule has 0 aliphatic carbocycles. The van der Waals surface area contributed by atoms with Crippen molar-refractivity contribution in [3.63, 3.8) is 0 Å². The number of aryl methyl sites for hydroxylation is 2. The number of halogens is 1. The van der Waals surface area contributed by atoms with Gasteiger partial charge < -0.3 is 25.4 Å². The van der Waals surface area contributed by atoms with Crippen molar-refractivity contribution < 1.29 is 24.2 Å². The Morgan fingerprint density at radius 3 is 2.60 bits per heavy atom. The van der Waals surface area contributed by atoms with Gasteiger partial charge >= 0.3 is 0 Å². The van der Waals surface area contributed by atoms with Crippen LogP contribution in [0.15, 0.2) is 48.5 Å². The Morgan fingerprint density at radius 1 is 1.14 bits per heavy atom. The maximum absolute atomic E-state index is 13.7. The summed E-state index contributed by atoms with van der Waals surface area (Å²) in [5.74, 6) is -2.61. The first-order chi connectivity index (χ1) is 16.8. The highest BCUT2D eigenvalue weighted by Crippen LogP contribution is 2.60. The molecule has 3 heterocycles. The summed E-state index contributed by atoms with van der Waals surface area (Å²) in [5, 5.41) is 15.6. The summed E-state index contributed by atoms with van der Waals surface area (Å²) in [6.45, 7) is 3.52. The van der Waals surface area contributed by atoms with Crippen LogP contribution in [0.3, 0.4) is 0 Å². The Kier molecular flexibility index (Phi) is 6.19. The Labute approximate surface area is 212 Å². The number of fused-ring (bicyclic) bond motifs is 1. The number of nitrogens with zero attached hydrogens (tertiary/aromatic N) is 1. The number of carbonyl (C=O) groups is 3. The molecule has 3 unspecified atom stereocenters. The number of hydrogen-bond acceptors (Lipinski definition) is 5. The van der Waals surface area contributed by atoms with Crippen molar-refractivity contribution in [3.05, 3.63) is 59.7 Å². The van der Waals surface area contributed by atoms with E-state index in [1.165, 1.54) is 4.90 Å². The van der Waals surface area contributed by atoms with Crippen molar-refractivity contribution in [1.82, 2.24) is 4.90 Å². The van der Waals surface area contributed by atoms with Crippen LogP contribution in [0.1, 0.15) is 17.5 Å². The molecule has 6 atom stereocenters. The van der Waals surface area contributed by atoms with Gasteiger partial charge in [-0.3, -0.25) is 14.4 Å². The fourth-order valence-corrected chi connectivity index (χ4v) is 6.84. The zero-order chi connectivity index (χ0) is 24.9. The van der Waals surface area contributed by atoms with Gasteiger partial charge in [0.15, 0.2) is 0 Å². The first-order valence-corrected chi connectivity index (χ1v) is 12.7. The molecule has 3 fully saturated rings. The molecule has 3 amide bonds. The van der Waals surface area contributed by atoms with Crippen LogP contribution >= 0.6 is 15.9 Å². The molecule has 3 aliphatic heterocycles. The molecular weight excluding hydrogens is 514 g/mol.